The Morgan fingerprint density at radius 3 is 2.55 bits per heavy atom. The largest absolute Gasteiger partial charge is 0.461 e. The van der Waals surface area contributed by atoms with Crippen LogP contribution in [0.25, 0.3) is 0 Å². The van der Waals surface area contributed by atoms with Crippen LogP contribution in [0.4, 0.5) is 8.78 Å². The minimum Gasteiger partial charge on any atom is -0.461 e. The molecule has 1 aromatic rings. The standard InChI is InChI=1S/C15H16F2INO3/c1-2-22-14(21)15(16,17)10-12(18)8-9-19-13(20)11-6-4-3-5-7-11/h3-7,10H,2,8-9H2,1H3,(H,19,20). The minimum atomic E-state index is -3.66. The van der Waals surface area contributed by atoms with E-state index in [2.05, 4.69) is 10.1 Å². The molecule has 1 amide bonds. The third-order valence-corrected chi connectivity index (χ3v) is 3.42. The topological polar surface area (TPSA) is 55.4 Å². The van der Waals surface area contributed by atoms with E-state index >= 15 is 0 Å². The van der Waals surface area contributed by atoms with Crippen molar-refractivity contribution < 1.29 is 23.1 Å². The molecule has 0 bridgehead atoms. The average Bonchev–Trinajstić information content (AvgIpc) is 2.47. The third kappa shape index (κ3) is 6.08. The number of nitrogens with one attached hydrogen (secondary N) is 1. The normalized spacial score (nSPS) is 11.9. The maximum atomic E-state index is 13.5. The quantitative estimate of drug-likeness (QED) is 0.541. The van der Waals surface area contributed by atoms with E-state index in [1.807, 2.05) is 0 Å². The van der Waals surface area contributed by atoms with Crippen LogP contribution < -0.4 is 5.32 Å². The van der Waals surface area contributed by atoms with Crippen LogP contribution in [0.15, 0.2) is 40.0 Å². The molecule has 0 saturated heterocycles. The predicted molar refractivity (Wildman–Crippen MR) is 87.1 cm³/mol. The van der Waals surface area contributed by atoms with Crippen LogP contribution in [-0.2, 0) is 9.53 Å². The summed E-state index contributed by atoms with van der Waals surface area (Å²) in [6, 6.07) is 8.58. The molecule has 1 rings (SSSR count). The van der Waals surface area contributed by atoms with Gasteiger partial charge >= 0.3 is 11.9 Å². The van der Waals surface area contributed by atoms with E-state index in [0.717, 1.165) is 0 Å². The molecule has 0 aliphatic carbocycles. The molecule has 22 heavy (non-hydrogen) atoms. The number of halogens is 3. The van der Waals surface area contributed by atoms with E-state index in [-0.39, 0.29) is 29.1 Å². The molecule has 0 aromatic heterocycles. The van der Waals surface area contributed by atoms with Crippen LogP contribution >= 0.6 is 22.6 Å². The number of benzene rings is 1. The number of ether oxygens (including phenoxy) is 1. The van der Waals surface area contributed by atoms with E-state index in [1.54, 1.807) is 52.9 Å². The molecule has 0 atom stereocenters. The minimum absolute atomic E-state index is 0.105. The number of hydrogen-bond donors (Lipinski definition) is 1. The summed E-state index contributed by atoms with van der Waals surface area (Å²) in [4.78, 5) is 22.8. The van der Waals surface area contributed by atoms with Crippen molar-refractivity contribution >= 4 is 34.5 Å². The van der Waals surface area contributed by atoms with Gasteiger partial charge in [0.1, 0.15) is 0 Å². The number of hydrogen-bond acceptors (Lipinski definition) is 3. The maximum Gasteiger partial charge on any atom is 0.381 e. The zero-order valence-corrected chi connectivity index (χ0v) is 14.1. The van der Waals surface area contributed by atoms with E-state index in [9.17, 15) is 18.4 Å². The smallest absolute Gasteiger partial charge is 0.381 e. The van der Waals surface area contributed by atoms with Crippen molar-refractivity contribution in [2.75, 3.05) is 13.2 Å². The zero-order valence-electron chi connectivity index (χ0n) is 11.9. The fourth-order valence-electron chi connectivity index (χ4n) is 1.54. The van der Waals surface area contributed by atoms with Gasteiger partial charge in [0.15, 0.2) is 0 Å². The number of carbonyl (C=O) groups excluding carboxylic acids is 2. The number of amides is 1. The molecule has 0 radical (unpaired) electrons. The van der Waals surface area contributed by atoms with Crippen molar-refractivity contribution in [3.05, 3.63) is 45.6 Å². The van der Waals surface area contributed by atoms with Crippen molar-refractivity contribution in [2.45, 2.75) is 19.3 Å². The molecule has 0 spiro atoms. The first-order chi connectivity index (χ1) is 10.4. The summed E-state index contributed by atoms with van der Waals surface area (Å²) in [6.07, 6.45) is 0.758. The van der Waals surface area contributed by atoms with Gasteiger partial charge in [0.05, 0.1) is 6.61 Å². The summed E-state index contributed by atoms with van der Waals surface area (Å²) in [5, 5.41) is 2.62. The van der Waals surface area contributed by atoms with Crippen LogP contribution in [0.1, 0.15) is 23.7 Å². The molecule has 1 N–H and O–H groups in total. The first-order valence-corrected chi connectivity index (χ1v) is 7.70. The van der Waals surface area contributed by atoms with E-state index in [1.165, 1.54) is 6.92 Å². The Labute approximate surface area is 141 Å². The molecule has 4 nitrogen and oxygen atoms in total. The Morgan fingerprint density at radius 2 is 1.95 bits per heavy atom. The van der Waals surface area contributed by atoms with E-state index in [4.69, 9.17) is 0 Å². The van der Waals surface area contributed by atoms with Crippen molar-refractivity contribution in [1.29, 1.82) is 0 Å². The van der Waals surface area contributed by atoms with E-state index in [0.29, 0.717) is 11.6 Å². The first kappa shape index (κ1) is 18.5. The van der Waals surface area contributed by atoms with Crippen LogP contribution in [0.3, 0.4) is 0 Å². The van der Waals surface area contributed by atoms with Crippen LogP contribution in [0.2, 0.25) is 0 Å². The second-order valence-electron chi connectivity index (χ2n) is 4.31. The van der Waals surface area contributed by atoms with Gasteiger partial charge in [-0.25, -0.2) is 4.79 Å². The first-order valence-electron chi connectivity index (χ1n) is 6.62. The molecule has 0 aliphatic rings. The zero-order chi connectivity index (χ0) is 16.6. The molecule has 0 unspecified atom stereocenters. The lowest BCUT2D eigenvalue weighted by Crippen LogP contribution is -2.29. The summed E-state index contributed by atoms with van der Waals surface area (Å²) in [6.45, 7) is 1.55. The molecule has 7 heteroatoms. The highest BCUT2D eigenvalue weighted by Gasteiger charge is 2.38. The number of rotatable bonds is 7. The van der Waals surface area contributed by atoms with Gasteiger partial charge < -0.3 is 10.1 Å². The van der Waals surface area contributed by atoms with Gasteiger partial charge in [-0.15, -0.1) is 0 Å². The lowest BCUT2D eigenvalue weighted by Gasteiger charge is -2.11. The number of esters is 1. The lowest BCUT2D eigenvalue weighted by atomic mass is 10.2. The SMILES string of the molecule is CCOC(=O)C(F)(F)C=C(I)CCNC(=O)c1ccccc1. The summed E-state index contributed by atoms with van der Waals surface area (Å²) in [5.74, 6) is -5.50. The molecule has 1 aromatic carbocycles. The van der Waals surface area contributed by atoms with Gasteiger partial charge in [0.2, 0.25) is 0 Å². The summed E-state index contributed by atoms with van der Waals surface area (Å²) in [7, 11) is 0. The lowest BCUT2D eigenvalue weighted by molar-refractivity contribution is -0.164. The van der Waals surface area contributed by atoms with Crippen LogP contribution in [0, 0.1) is 0 Å². The highest BCUT2D eigenvalue weighted by molar-refractivity contribution is 14.1. The molecule has 0 saturated carbocycles. The molecule has 120 valence electrons. The van der Waals surface area contributed by atoms with Crippen molar-refractivity contribution in [1.82, 2.24) is 5.32 Å². The van der Waals surface area contributed by atoms with Gasteiger partial charge in [-0.1, -0.05) is 18.2 Å². The van der Waals surface area contributed by atoms with Crippen LogP contribution in [0.5, 0.6) is 0 Å². The summed E-state index contributed by atoms with van der Waals surface area (Å²) in [5.41, 5.74) is 0.498. The van der Waals surface area contributed by atoms with Crippen LogP contribution in [-0.4, -0.2) is 31.0 Å². The van der Waals surface area contributed by atoms with Gasteiger partial charge in [-0.3, -0.25) is 4.79 Å². The molecular formula is C15H16F2INO3. The Bertz CT molecular complexity index is 547. The molecule has 0 heterocycles. The number of carbonyl (C=O) groups is 2. The maximum absolute atomic E-state index is 13.5. The van der Waals surface area contributed by atoms with Crippen molar-refractivity contribution in [2.24, 2.45) is 0 Å². The monoisotopic (exact) mass is 423 g/mol. The Morgan fingerprint density at radius 1 is 1.32 bits per heavy atom. The Hall–Kier alpha value is -1.51. The van der Waals surface area contributed by atoms with Gasteiger partial charge in [-0.2, -0.15) is 8.78 Å². The molecule has 0 fully saturated rings. The average molecular weight is 423 g/mol. The van der Waals surface area contributed by atoms with E-state index < -0.39 is 11.9 Å². The van der Waals surface area contributed by atoms with Crippen molar-refractivity contribution in [3.63, 3.8) is 0 Å². The Kier molecular flexibility index (Phi) is 7.43. The van der Waals surface area contributed by atoms with Gasteiger partial charge in [-0.05, 0) is 51.6 Å². The highest BCUT2D eigenvalue weighted by Crippen LogP contribution is 2.23. The third-order valence-electron chi connectivity index (χ3n) is 2.57. The second-order valence-corrected chi connectivity index (χ2v) is 5.69. The van der Waals surface area contributed by atoms with Gasteiger partial charge in [0, 0.05) is 18.2 Å². The Balaban J connectivity index is 2.49. The fraction of sp³-hybridized carbons (Fsp3) is 0.333. The highest BCUT2D eigenvalue weighted by atomic mass is 127. The second kappa shape index (κ2) is 8.82. The summed E-state index contributed by atoms with van der Waals surface area (Å²) < 4.78 is 31.5. The fourth-order valence-corrected chi connectivity index (χ4v) is 2.20. The molecule has 0 aliphatic heterocycles. The van der Waals surface area contributed by atoms with Crippen molar-refractivity contribution in [3.8, 4) is 0 Å². The van der Waals surface area contributed by atoms with Gasteiger partial charge in [0.25, 0.3) is 5.91 Å². The predicted octanol–water partition coefficient (Wildman–Crippen LogP) is 3.32. The number of alkyl halides is 2. The summed E-state index contributed by atoms with van der Waals surface area (Å²) >= 11 is 1.71. The molecular weight excluding hydrogens is 407 g/mol.